The van der Waals surface area contributed by atoms with Gasteiger partial charge in [0.15, 0.2) is 0 Å². The highest BCUT2D eigenvalue weighted by Crippen LogP contribution is 2.49. The first kappa shape index (κ1) is 20.8. The minimum Gasteiger partial charge on any atom is -0.352 e. The van der Waals surface area contributed by atoms with Crippen LogP contribution in [0.4, 0.5) is 0 Å². The van der Waals surface area contributed by atoms with E-state index in [9.17, 15) is 13.2 Å². The summed E-state index contributed by atoms with van der Waals surface area (Å²) >= 11 is 6.22. The fourth-order valence-corrected chi connectivity index (χ4v) is 5.22. The van der Waals surface area contributed by atoms with Crippen molar-refractivity contribution >= 4 is 27.5 Å². The van der Waals surface area contributed by atoms with E-state index in [0.29, 0.717) is 10.6 Å². The number of amides is 1. The van der Waals surface area contributed by atoms with Crippen LogP contribution in [0.2, 0.25) is 5.02 Å². The molecule has 0 aliphatic heterocycles. The van der Waals surface area contributed by atoms with Gasteiger partial charge in [0.1, 0.15) is 0 Å². The maximum Gasteiger partial charge on any atom is 0.241 e. The zero-order valence-corrected chi connectivity index (χ0v) is 17.8. The third-order valence-corrected chi connectivity index (χ3v) is 6.79. The molecule has 0 heterocycles. The SMILES string of the molecule is CC(C)(C)NS(=O)(=O)c1ccccc1CNC(=O)C1CC1c1ccccc1Cl. The number of sulfonamides is 1. The summed E-state index contributed by atoms with van der Waals surface area (Å²) in [6.07, 6.45) is 0.751. The second-order valence-electron chi connectivity index (χ2n) is 8.15. The van der Waals surface area contributed by atoms with Crippen LogP contribution in [0.3, 0.4) is 0 Å². The molecule has 150 valence electrons. The van der Waals surface area contributed by atoms with Crippen LogP contribution in [-0.4, -0.2) is 19.9 Å². The van der Waals surface area contributed by atoms with E-state index in [1.807, 2.05) is 24.3 Å². The Morgan fingerprint density at radius 1 is 1.11 bits per heavy atom. The zero-order valence-electron chi connectivity index (χ0n) is 16.2. The van der Waals surface area contributed by atoms with Crippen LogP contribution in [-0.2, 0) is 21.4 Å². The average molecular weight is 421 g/mol. The van der Waals surface area contributed by atoms with Gasteiger partial charge in [-0.1, -0.05) is 48.0 Å². The molecular weight excluding hydrogens is 396 g/mol. The second-order valence-corrected chi connectivity index (χ2v) is 10.2. The molecule has 0 aromatic heterocycles. The first-order chi connectivity index (χ1) is 13.1. The Hall–Kier alpha value is -1.89. The molecule has 1 saturated carbocycles. The van der Waals surface area contributed by atoms with Crippen molar-refractivity contribution in [3.8, 4) is 0 Å². The molecule has 28 heavy (non-hydrogen) atoms. The Morgan fingerprint density at radius 2 is 1.75 bits per heavy atom. The minimum absolute atomic E-state index is 0.0825. The van der Waals surface area contributed by atoms with E-state index >= 15 is 0 Å². The lowest BCUT2D eigenvalue weighted by molar-refractivity contribution is -0.122. The van der Waals surface area contributed by atoms with Gasteiger partial charge in [0.2, 0.25) is 15.9 Å². The molecule has 2 atom stereocenters. The highest BCUT2D eigenvalue weighted by atomic mass is 35.5. The second kappa shape index (κ2) is 7.85. The lowest BCUT2D eigenvalue weighted by atomic mass is 10.1. The Bertz CT molecular complexity index is 983. The monoisotopic (exact) mass is 420 g/mol. The van der Waals surface area contributed by atoms with Crippen molar-refractivity contribution in [2.24, 2.45) is 5.92 Å². The molecule has 0 spiro atoms. The van der Waals surface area contributed by atoms with Crippen LogP contribution in [0.5, 0.6) is 0 Å². The van der Waals surface area contributed by atoms with Crippen LogP contribution in [0, 0.1) is 5.92 Å². The molecule has 1 fully saturated rings. The van der Waals surface area contributed by atoms with Gasteiger partial charge in [0.25, 0.3) is 0 Å². The number of hydrogen-bond acceptors (Lipinski definition) is 3. The summed E-state index contributed by atoms with van der Waals surface area (Å²) in [5.74, 6) is -0.0903. The van der Waals surface area contributed by atoms with E-state index in [0.717, 1.165) is 12.0 Å². The van der Waals surface area contributed by atoms with Gasteiger partial charge in [0.05, 0.1) is 4.90 Å². The number of carbonyl (C=O) groups excluding carboxylic acids is 1. The maximum absolute atomic E-state index is 12.7. The number of rotatable bonds is 6. The Balaban J connectivity index is 1.68. The van der Waals surface area contributed by atoms with Crippen molar-refractivity contribution < 1.29 is 13.2 Å². The molecule has 7 heteroatoms. The molecule has 1 aliphatic carbocycles. The van der Waals surface area contributed by atoms with Crippen molar-refractivity contribution in [1.82, 2.24) is 10.0 Å². The minimum atomic E-state index is -3.68. The van der Waals surface area contributed by atoms with Gasteiger partial charge < -0.3 is 5.32 Å². The lowest BCUT2D eigenvalue weighted by Crippen LogP contribution is -2.41. The summed E-state index contributed by atoms with van der Waals surface area (Å²) in [5, 5.41) is 3.55. The van der Waals surface area contributed by atoms with E-state index < -0.39 is 15.6 Å². The maximum atomic E-state index is 12.7. The van der Waals surface area contributed by atoms with E-state index in [2.05, 4.69) is 10.0 Å². The fourth-order valence-electron chi connectivity index (χ4n) is 3.29. The first-order valence-corrected chi connectivity index (χ1v) is 11.1. The van der Waals surface area contributed by atoms with E-state index in [1.54, 1.807) is 45.0 Å². The lowest BCUT2D eigenvalue weighted by Gasteiger charge is -2.21. The van der Waals surface area contributed by atoms with Crippen molar-refractivity contribution in [3.05, 3.63) is 64.7 Å². The number of carbonyl (C=O) groups is 1. The number of nitrogens with one attached hydrogen (secondary N) is 2. The molecule has 3 rings (SSSR count). The predicted molar refractivity (Wildman–Crippen MR) is 111 cm³/mol. The standard InChI is InChI=1S/C21H25ClN2O3S/c1-21(2,3)24-28(26,27)19-11-7-4-8-14(19)13-23-20(25)17-12-16(17)15-9-5-6-10-18(15)22/h4-11,16-17,24H,12-13H2,1-3H3,(H,23,25). The summed E-state index contributed by atoms with van der Waals surface area (Å²) < 4.78 is 28.0. The largest absolute Gasteiger partial charge is 0.352 e. The van der Waals surface area contributed by atoms with Gasteiger partial charge in [-0.25, -0.2) is 13.1 Å². The van der Waals surface area contributed by atoms with Crippen molar-refractivity contribution in [2.45, 2.75) is 50.1 Å². The number of halogens is 1. The Morgan fingerprint density at radius 3 is 2.43 bits per heavy atom. The highest BCUT2D eigenvalue weighted by molar-refractivity contribution is 7.89. The number of benzene rings is 2. The summed E-state index contributed by atoms with van der Waals surface area (Å²) in [4.78, 5) is 12.7. The fraction of sp³-hybridized carbons (Fsp3) is 0.381. The Labute approximate surface area is 171 Å². The summed E-state index contributed by atoms with van der Waals surface area (Å²) in [5.41, 5.74) is 0.954. The summed E-state index contributed by atoms with van der Waals surface area (Å²) in [6, 6.07) is 14.3. The van der Waals surface area contributed by atoms with Crippen LogP contribution < -0.4 is 10.0 Å². The quantitative estimate of drug-likeness (QED) is 0.745. The molecule has 1 aliphatic rings. The average Bonchev–Trinajstić information content (AvgIpc) is 3.39. The summed E-state index contributed by atoms with van der Waals surface area (Å²) in [7, 11) is -3.68. The van der Waals surface area contributed by atoms with Crippen molar-refractivity contribution in [3.63, 3.8) is 0 Å². The normalized spacial score (nSPS) is 19.3. The number of hydrogen-bond donors (Lipinski definition) is 2. The van der Waals surface area contributed by atoms with Gasteiger partial charge in [-0.05, 0) is 56.4 Å². The molecule has 2 aromatic carbocycles. The van der Waals surface area contributed by atoms with Crippen molar-refractivity contribution in [1.29, 1.82) is 0 Å². The van der Waals surface area contributed by atoms with Crippen LogP contribution >= 0.6 is 11.6 Å². The topological polar surface area (TPSA) is 75.3 Å². The van der Waals surface area contributed by atoms with Gasteiger partial charge in [-0.2, -0.15) is 0 Å². The van der Waals surface area contributed by atoms with E-state index in [4.69, 9.17) is 11.6 Å². The first-order valence-electron chi connectivity index (χ1n) is 9.22. The van der Waals surface area contributed by atoms with Crippen LogP contribution in [0.1, 0.15) is 44.2 Å². The highest BCUT2D eigenvalue weighted by Gasteiger charge is 2.44. The molecular formula is C21H25ClN2O3S. The van der Waals surface area contributed by atoms with Crippen LogP contribution in [0.15, 0.2) is 53.4 Å². The van der Waals surface area contributed by atoms with Gasteiger partial charge >= 0.3 is 0 Å². The van der Waals surface area contributed by atoms with Crippen LogP contribution in [0.25, 0.3) is 0 Å². The smallest absolute Gasteiger partial charge is 0.241 e. The molecule has 0 saturated heterocycles. The van der Waals surface area contributed by atoms with Gasteiger partial charge in [0, 0.05) is 23.0 Å². The van der Waals surface area contributed by atoms with Crippen molar-refractivity contribution in [2.75, 3.05) is 0 Å². The molecule has 0 radical (unpaired) electrons. The van der Waals surface area contributed by atoms with E-state index in [1.165, 1.54) is 0 Å². The third-order valence-electron chi connectivity index (χ3n) is 4.59. The van der Waals surface area contributed by atoms with Gasteiger partial charge in [-0.3, -0.25) is 4.79 Å². The Kier molecular flexibility index (Phi) is 5.84. The van der Waals surface area contributed by atoms with Gasteiger partial charge in [-0.15, -0.1) is 0 Å². The molecule has 2 aromatic rings. The zero-order chi connectivity index (χ0) is 20.5. The molecule has 1 amide bonds. The molecule has 5 nitrogen and oxygen atoms in total. The third kappa shape index (κ3) is 4.93. The molecule has 2 unspecified atom stereocenters. The predicted octanol–water partition coefficient (Wildman–Crippen LogP) is 3.84. The van der Waals surface area contributed by atoms with E-state index in [-0.39, 0.29) is 29.2 Å². The molecule has 0 bridgehead atoms. The summed E-state index contributed by atoms with van der Waals surface area (Å²) in [6.45, 7) is 5.52. The molecule has 2 N–H and O–H groups in total.